The van der Waals surface area contributed by atoms with Crippen molar-refractivity contribution in [1.29, 1.82) is 0 Å². The van der Waals surface area contributed by atoms with E-state index in [0.717, 1.165) is 95.8 Å². The summed E-state index contributed by atoms with van der Waals surface area (Å²) in [6.45, 7) is 7.45. The van der Waals surface area contributed by atoms with Gasteiger partial charge in [0.05, 0.1) is 26.4 Å². The molecule has 0 spiro atoms. The Hall–Kier alpha value is -1.94. The molecule has 0 rings (SSSR count). The first-order valence-electron chi connectivity index (χ1n) is 47.7. The Morgan fingerprint density at radius 3 is 0.640 bits per heavy atom. The van der Waals surface area contributed by atoms with E-state index in [-0.39, 0.29) is 25.7 Å². The number of esters is 4. The van der Waals surface area contributed by atoms with E-state index in [0.29, 0.717) is 25.7 Å². The maximum absolute atomic E-state index is 13.2. The van der Waals surface area contributed by atoms with Gasteiger partial charge in [0.25, 0.3) is 0 Å². The number of aliphatic hydroxyl groups is 1. The Balaban J connectivity index is 5.23. The van der Waals surface area contributed by atoms with E-state index in [4.69, 9.17) is 37.0 Å². The van der Waals surface area contributed by atoms with Gasteiger partial charge in [0, 0.05) is 25.7 Å². The van der Waals surface area contributed by atoms with Crippen LogP contribution in [0.4, 0.5) is 0 Å². The zero-order chi connectivity index (χ0) is 81.1. The molecule has 111 heavy (non-hydrogen) atoms. The van der Waals surface area contributed by atoms with Crippen LogP contribution in [0.3, 0.4) is 0 Å². The van der Waals surface area contributed by atoms with Crippen LogP contribution < -0.4 is 0 Å². The number of ether oxygens (including phenoxy) is 4. The molecule has 0 radical (unpaired) electrons. The van der Waals surface area contributed by atoms with Crippen molar-refractivity contribution in [2.75, 3.05) is 39.6 Å². The molecule has 0 aromatic carbocycles. The first kappa shape index (κ1) is 109. The van der Waals surface area contributed by atoms with Gasteiger partial charge < -0.3 is 33.8 Å². The smallest absolute Gasteiger partial charge is 0.462 e. The maximum Gasteiger partial charge on any atom is 0.472 e. The van der Waals surface area contributed by atoms with Gasteiger partial charge >= 0.3 is 39.5 Å². The van der Waals surface area contributed by atoms with Gasteiger partial charge in [-0.25, -0.2) is 9.13 Å². The van der Waals surface area contributed by atoms with Crippen LogP contribution in [-0.2, 0) is 65.4 Å². The van der Waals surface area contributed by atoms with E-state index < -0.39 is 97.5 Å². The highest BCUT2D eigenvalue weighted by molar-refractivity contribution is 7.47. The Morgan fingerprint density at radius 1 is 0.252 bits per heavy atom. The quantitative estimate of drug-likeness (QED) is 0.0222. The molecule has 0 fully saturated rings. The number of hydrogen-bond acceptors (Lipinski definition) is 15. The van der Waals surface area contributed by atoms with Crippen LogP contribution in [0.5, 0.6) is 0 Å². The third-order valence-electron chi connectivity index (χ3n) is 22.1. The van der Waals surface area contributed by atoms with Gasteiger partial charge in [-0.2, -0.15) is 0 Å². The second kappa shape index (κ2) is 84.5. The molecule has 0 saturated heterocycles. The number of carbonyl (C=O) groups is 4. The van der Waals surface area contributed by atoms with E-state index in [1.165, 1.54) is 327 Å². The van der Waals surface area contributed by atoms with Crippen molar-refractivity contribution in [2.45, 2.75) is 522 Å². The van der Waals surface area contributed by atoms with Crippen LogP contribution in [0.1, 0.15) is 503 Å². The molecular formula is C92H180O17P2. The Morgan fingerprint density at radius 2 is 0.432 bits per heavy atom. The van der Waals surface area contributed by atoms with Crippen molar-refractivity contribution >= 4 is 39.5 Å². The van der Waals surface area contributed by atoms with Gasteiger partial charge in [0.15, 0.2) is 12.2 Å². The molecule has 3 unspecified atom stereocenters. The van der Waals surface area contributed by atoms with Gasteiger partial charge in [-0.3, -0.25) is 37.3 Å². The molecule has 0 heterocycles. The molecular weight excluding hydrogens is 1440 g/mol. The molecule has 6 atom stereocenters. The Bertz CT molecular complexity index is 2100. The minimum Gasteiger partial charge on any atom is -0.462 e. The number of unbranched alkanes of at least 4 members (excludes halogenated alkanes) is 63. The van der Waals surface area contributed by atoms with Crippen LogP contribution in [0.25, 0.3) is 0 Å². The van der Waals surface area contributed by atoms with Crippen LogP contribution in [0.15, 0.2) is 0 Å². The highest BCUT2D eigenvalue weighted by atomic mass is 31.2. The average Bonchev–Trinajstić information content (AvgIpc) is 0.889. The lowest BCUT2D eigenvalue weighted by molar-refractivity contribution is -0.161. The minimum absolute atomic E-state index is 0.109. The molecule has 0 saturated carbocycles. The summed E-state index contributed by atoms with van der Waals surface area (Å²) in [5.41, 5.74) is 0. The fourth-order valence-corrected chi connectivity index (χ4v) is 16.1. The fourth-order valence-electron chi connectivity index (χ4n) is 14.5. The van der Waals surface area contributed by atoms with E-state index in [9.17, 15) is 43.2 Å². The lowest BCUT2D eigenvalue weighted by Crippen LogP contribution is -2.30. The van der Waals surface area contributed by atoms with Crippen LogP contribution in [0.2, 0.25) is 0 Å². The maximum atomic E-state index is 13.2. The van der Waals surface area contributed by atoms with Gasteiger partial charge in [0.2, 0.25) is 0 Å². The molecule has 19 heteroatoms. The molecule has 17 nitrogen and oxygen atoms in total. The lowest BCUT2D eigenvalue weighted by Gasteiger charge is -2.21. The first-order valence-corrected chi connectivity index (χ1v) is 50.7. The summed E-state index contributed by atoms with van der Waals surface area (Å²) in [6.07, 6.45) is 80.6. The summed E-state index contributed by atoms with van der Waals surface area (Å²) in [6, 6.07) is 0. The summed E-state index contributed by atoms with van der Waals surface area (Å²) in [7, 11) is -9.94. The van der Waals surface area contributed by atoms with E-state index in [2.05, 4.69) is 34.6 Å². The van der Waals surface area contributed by atoms with Crippen LogP contribution in [0, 0.1) is 5.92 Å². The van der Waals surface area contributed by atoms with Crippen LogP contribution in [-0.4, -0.2) is 96.7 Å². The van der Waals surface area contributed by atoms with Crippen molar-refractivity contribution in [3.05, 3.63) is 0 Å². The lowest BCUT2D eigenvalue weighted by atomic mass is 9.99. The molecule has 0 aliphatic heterocycles. The number of hydrogen-bond donors (Lipinski definition) is 3. The van der Waals surface area contributed by atoms with E-state index in [1.807, 2.05) is 0 Å². The highest BCUT2D eigenvalue weighted by Gasteiger charge is 2.31. The molecule has 0 aliphatic rings. The van der Waals surface area contributed by atoms with Crippen molar-refractivity contribution in [3.63, 3.8) is 0 Å². The molecule has 660 valence electrons. The Labute approximate surface area is 683 Å². The minimum atomic E-state index is -4.97. The second-order valence-electron chi connectivity index (χ2n) is 33.3. The topological polar surface area (TPSA) is 237 Å². The molecule has 3 N–H and O–H groups in total. The normalized spacial score (nSPS) is 13.9. The van der Waals surface area contributed by atoms with Crippen molar-refractivity contribution in [1.82, 2.24) is 0 Å². The van der Waals surface area contributed by atoms with Gasteiger partial charge in [-0.15, -0.1) is 0 Å². The molecule has 0 aromatic heterocycles. The van der Waals surface area contributed by atoms with Crippen molar-refractivity contribution in [3.8, 4) is 0 Å². The van der Waals surface area contributed by atoms with Gasteiger partial charge in [0.1, 0.15) is 19.3 Å². The third kappa shape index (κ3) is 84.3. The summed E-state index contributed by atoms with van der Waals surface area (Å²) in [4.78, 5) is 73.4. The summed E-state index contributed by atoms with van der Waals surface area (Å²) >= 11 is 0. The number of rotatable bonds is 92. The van der Waals surface area contributed by atoms with E-state index >= 15 is 0 Å². The zero-order valence-corrected chi connectivity index (χ0v) is 74.9. The molecule has 0 aliphatic carbocycles. The summed E-state index contributed by atoms with van der Waals surface area (Å²) in [5, 5.41) is 10.7. The van der Waals surface area contributed by atoms with Gasteiger partial charge in [-0.1, -0.05) is 452 Å². The standard InChI is InChI=1S/C92H180O17P2/c1-6-10-13-16-19-22-25-27-29-31-33-35-37-39-41-46-51-56-61-66-71-76-90(95)103-82-88(109-91(96)77-72-67-62-57-52-47-42-40-38-36-34-32-30-28-26-23-20-17-14-11-7-2)84-107-111(100,101)105-80-86(93)79-104-110(98,99)106-83-87(81-102-89(94)75-70-65-60-55-49-24-21-18-15-12-8-3)108-92(97)78-73-68-63-58-53-48-44-43-45-50-54-59-64-69-74-85(5)9-4/h85-88,93H,6-84H2,1-5H3,(H,98,99)(H,100,101)/t85?,86-,87+,88+/m0/s1. The van der Waals surface area contributed by atoms with Gasteiger partial charge in [-0.05, 0) is 31.6 Å². The first-order chi connectivity index (χ1) is 54.1. The Kier molecular flexibility index (Phi) is 83.0. The fraction of sp³-hybridized carbons (Fsp3) is 0.957. The molecule has 0 aromatic rings. The highest BCUT2D eigenvalue weighted by Crippen LogP contribution is 2.45. The molecule has 0 bridgehead atoms. The second-order valence-corrected chi connectivity index (χ2v) is 36.2. The largest absolute Gasteiger partial charge is 0.472 e. The number of carbonyl (C=O) groups excluding carboxylic acids is 4. The van der Waals surface area contributed by atoms with Crippen molar-refractivity contribution < 1.29 is 80.2 Å². The monoisotopic (exact) mass is 1620 g/mol. The number of aliphatic hydroxyl groups excluding tert-OH is 1. The number of phosphoric ester groups is 2. The predicted octanol–water partition coefficient (Wildman–Crippen LogP) is 28.7. The third-order valence-corrected chi connectivity index (χ3v) is 24.0. The average molecular weight is 1620 g/mol. The molecule has 0 amide bonds. The van der Waals surface area contributed by atoms with Crippen molar-refractivity contribution in [2.24, 2.45) is 5.92 Å². The SMILES string of the molecule is CCCCCCCCCCCCCCCCCCCCCCCC(=O)OC[C@H](COP(=O)(O)OC[C@@H](O)COP(=O)(O)OC[C@@H](COC(=O)CCCCCCCCCCCCC)OC(=O)CCCCCCCCCCCCCCCCC(C)CC)OC(=O)CCCCCCCCCCCCCCCCCCCCCCC. The predicted molar refractivity (Wildman–Crippen MR) is 460 cm³/mol. The summed E-state index contributed by atoms with van der Waals surface area (Å²) < 4.78 is 69.1. The van der Waals surface area contributed by atoms with Crippen LogP contribution >= 0.6 is 15.6 Å². The van der Waals surface area contributed by atoms with E-state index in [1.54, 1.807) is 0 Å². The zero-order valence-electron chi connectivity index (χ0n) is 73.1. The number of phosphoric acid groups is 2. The summed E-state index contributed by atoms with van der Waals surface area (Å²) in [5.74, 6) is -1.25.